The number of halogens is 1. The molecule has 0 aliphatic rings. The molecule has 0 aliphatic carbocycles. The minimum atomic E-state index is -0.639. The molecule has 0 spiro atoms. The second kappa shape index (κ2) is 4.23. The molecule has 1 unspecified atom stereocenters. The van der Waals surface area contributed by atoms with Crippen molar-refractivity contribution >= 4 is 0 Å². The van der Waals surface area contributed by atoms with Gasteiger partial charge in [0.25, 0.3) is 0 Å². The van der Waals surface area contributed by atoms with E-state index in [0.717, 1.165) is 0 Å². The highest BCUT2D eigenvalue weighted by Gasteiger charge is 2.07. The summed E-state index contributed by atoms with van der Waals surface area (Å²) in [5.74, 6) is -0.298. The van der Waals surface area contributed by atoms with Crippen LogP contribution in [0.25, 0.3) is 0 Å². The molecule has 15 heavy (non-hydrogen) atoms. The van der Waals surface area contributed by atoms with Crippen molar-refractivity contribution in [2.24, 2.45) is 0 Å². The second-order valence-electron chi connectivity index (χ2n) is 3.33. The van der Waals surface area contributed by atoms with Gasteiger partial charge in [0.1, 0.15) is 5.82 Å². The first-order chi connectivity index (χ1) is 7.25. The minimum absolute atomic E-state index is 0.298. The highest BCUT2D eigenvalue weighted by atomic mass is 19.1. The van der Waals surface area contributed by atoms with E-state index in [1.54, 1.807) is 35.4 Å². The normalized spacial score (nSPS) is 12.7. The van der Waals surface area contributed by atoms with E-state index in [4.69, 9.17) is 0 Å². The zero-order valence-corrected chi connectivity index (χ0v) is 8.05. The van der Waals surface area contributed by atoms with Gasteiger partial charge in [0.05, 0.1) is 19.0 Å². The minimum Gasteiger partial charge on any atom is -0.387 e. The molecule has 0 saturated heterocycles. The van der Waals surface area contributed by atoms with Crippen LogP contribution in [0.3, 0.4) is 0 Å². The van der Waals surface area contributed by atoms with Crippen molar-refractivity contribution in [3.05, 3.63) is 54.4 Å². The summed E-state index contributed by atoms with van der Waals surface area (Å²) in [7, 11) is 0. The fourth-order valence-corrected chi connectivity index (χ4v) is 1.38. The average Bonchev–Trinajstić information content (AvgIpc) is 2.71. The number of hydrogen-bond acceptors (Lipinski definition) is 2. The molecule has 1 N–H and O–H groups in total. The summed E-state index contributed by atoms with van der Waals surface area (Å²) in [6, 6.07) is 5.84. The monoisotopic (exact) mass is 206 g/mol. The molecular formula is C11H11FN2O. The van der Waals surface area contributed by atoms with Gasteiger partial charge in [-0.3, -0.25) is 0 Å². The molecule has 0 bridgehead atoms. The zero-order valence-electron chi connectivity index (χ0n) is 8.05. The maximum absolute atomic E-state index is 12.6. The summed E-state index contributed by atoms with van der Waals surface area (Å²) in [6.45, 7) is 0.422. The van der Waals surface area contributed by atoms with Crippen molar-refractivity contribution in [3.63, 3.8) is 0 Å². The molecule has 0 saturated carbocycles. The topological polar surface area (TPSA) is 38.0 Å². The SMILES string of the molecule is OC(Cn1ccnc1)c1ccc(F)cc1. The summed E-state index contributed by atoms with van der Waals surface area (Å²) in [4.78, 5) is 3.87. The van der Waals surface area contributed by atoms with Gasteiger partial charge in [0, 0.05) is 12.4 Å². The van der Waals surface area contributed by atoms with Crippen LogP contribution >= 0.6 is 0 Å². The van der Waals surface area contributed by atoms with Gasteiger partial charge < -0.3 is 9.67 Å². The van der Waals surface area contributed by atoms with E-state index in [1.165, 1.54) is 12.1 Å². The highest BCUT2D eigenvalue weighted by Crippen LogP contribution is 2.15. The lowest BCUT2D eigenvalue weighted by Gasteiger charge is -2.11. The molecular weight excluding hydrogens is 195 g/mol. The Morgan fingerprint density at radius 3 is 2.67 bits per heavy atom. The van der Waals surface area contributed by atoms with E-state index in [9.17, 15) is 9.50 Å². The molecule has 2 rings (SSSR count). The molecule has 4 heteroatoms. The van der Waals surface area contributed by atoms with Crippen LogP contribution in [-0.2, 0) is 6.54 Å². The van der Waals surface area contributed by atoms with E-state index in [2.05, 4.69) is 4.98 Å². The van der Waals surface area contributed by atoms with Gasteiger partial charge >= 0.3 is 0 Å². The largest absolute Gasteiger partial charge is 0.387 e. The number of aliphatic hydroxyl groups is 1. The van der Waals surface area contributed by atoms with Crippen LogP contribution in [0.5, 0.6) is 0 Å². The Morgan fingerprint density at radius 2 is 2.07 bits per heavy atom. The molecule has 78 valence electrons. The molecule has 0 radical (unpaired) electrons. The summed E-state index contributed by atoms with van der Waals surface area (Å²) in [6.07, 6.45) is 4.41. The molecule has 1 aromatic carbocycles. The van der Waals surface area contributed by atoms with E-state index < -0.39 is 6.10 Å². The molecule has 0 fully saturated rings. The van der Waals surface area contributed by atoms with Crippen molar-refractivity contribution in [2.45, 2.75) is 12.6 Å². The van der Waals surface area contributed by atoms with E-state index in [0.29, 0.717) is 12.1 Å². The number of imidazole rings is 1. The predicted molar refractivity (Wildman–Crippen MR) is 53.6 cm³/mol. The van der Waals surface area contributed by atoms with Crippen molar-refractivity contribution in [3.8, 4) is 0 Å². The summed E-state index contributed by atoms with van der Waals surface area (Å²) in [5, 5.41) is 9.81. The first-order valence-electron chi connectivity index (χ1n) is 4.65. The van der Waals surface area contributed by atoms with Gasteiger partial charge in [-0.25, -0.2) is 9.37 Å². The molecule has 1 atom stereocenters. The quantitative estimate of drug-likeness (QED) is 0.830. The zero-order chi connectivity index (χ0) is 10.7. The van der Waals surface area contributed by atoms with E-state index in [1.807, 2.05) is 0 Å². The first kappa shape index (κ1) is 9.86. The Bertz CT molecular complexity index is 411. The van der Waals surface area contributed by atoms with Crippen molar-refractivity contribution in [1.29, 1.82) is 0 Å². The third-order valence-electron chi connectivity index (χ3n) is 2.20. The molecule has 1 aromatic heterocycles. The van der Waals surface area contributed by atoms with Crippen LogP contribution < -0.4 is 0 Å². The highest BCUT2D eigenvalue weighted by molar-refractivity contribution is 5.18. The Kier molecular flexibility index (Phi) is 2.78. The van der Waals surface area contributed by atoms with E-state index >= 15 is 0 Å². The van der Waals surface area contributed by atoms with Crippen molar-refractivity contribution in [2.75, 3.05) is 0 Å². The van der Waals surface area contributed by atoms with E-state index in [-0.39, 0.29) is 5.82 Å². The Hall–Kier alpha value is -1.68. The lowest BCUT2D eigenvalue weighted by Crippen LogP contribution is -2.06. The van der Waals surface area contributed by atoms with Crippen LogP contribution in [0, 0.1) is 5.82 Å². The fourth-order valence-electron chi connectivity index (χ4n) is 1.38. The van der Waals surface area contributed by atoms with Crippen LogP contribution in [0.2, 0.25) is 0 Å². The number of benzene rings is 1. The van der Waals surface area contributed by atoms with Crippen molar-refractivity contribution < 1.29 is 9.50 Å². The number of hydrogen-bond donors (Lipinski definition) is 1. The average molecular weight is 206 g/mol. The standard InChI is InChI=1S/C11H11FN2O/c12-10-3-1-9(2-4-10)11(15)7-14-6-5-13-8-14/h1-6,8,11,15H,7H2. The van der Waals surface area contributed by atoms with Gasteiger partial charge in [0.15, 0.2) is 0 Å². The molecule has 0 aliphatic heterocycles. The van der Waals surface area contributed by atoms with Crippen LogP contribution in [0.1, 0.15) is 11.7 Å². The van der Waals surface area contributed by atoms with Gasteiger partial charge in [-0.1, -0.05) is 12.1 Å². The summed E-state index contributed by atoms with van der Waals surface area (Å²) >= 11 is 0. The Morgan fingerprint density at radius 1 is 1.33 bits per heavy atom. The van der Waals surface area contributed by atoms with Crippen LogP contribution in [0.4, 0.5) is 4.39 Å². The summed E-state index contributed by atoms with van der Waals surface area (Å²) < 4.78 is 14.4. The predicted octanol–water partition coefficient (Wildman–Crippen LogP) is 1.76. The maximum atomic E-state index is 12.6. The molecule has 3 nitrogen and oxygen atoms in total. The lowest BCUT2D eigenvalue weighted by molar-refractivity contribution is 0.156. The fraction of sp³-hybridized carbons (Fsp3) is 0.182. The second-order valence-corrected chi connectivity index (χ2v) is 3.33. The molecule has 2 aromatic rings. The van der Waals surface area contributed by atoms with Gasteiger partial charge in [-0.05, 0) is 17.7 Å². The van der Waals surface area contributed by atoms with Gasteiger partial charge in [-0.2, -0.15) is 0 Å². The molecule has 1 heterocycles. The first-order valence-corrected chi connectivity index (χ1v) is 4.65. The third-order valence-corrected chi connectivity index (χ3v) is 2.20. The molecule has 0 amide bonds. The Balaban J connectivity index is 2.08. The number of aromatic nitrogens is 2. The van der Waals surface area contributed by atoms with Crippen molar-refractivity contribution in [1.82, 2.24) is 9.55 Å². The van der Waals surface area contributed by atoms with Gasteiger partial charge in [-0.15, -0.1) is 0 Å². The maximum Gasteiger partial charge on any atom is 0.123 e. The van der Waals surface area contributed by atoms with Gasteiger partial charge in [0.2, 0.25) is 0 Å². The number of nitrogens with zero attached hydrogens (tertiary/aromatic N) is 2. The summed E-state index contributed by atoms with van der Waals surface area (Å²) in [5.41, 5.74) is 0.699. The Labute approximate surface area is 86.8 Å². The lowest BCUT2D eigenvalue weighted by atomic mass is 10.1. The van der Waals surface area contributed by atoms with Crippen LogP contribution in [-0.4, -0.2) is 14.7 Å². The number of aliphatic hydroxyl groups excluding tert-OH is 1. The number of rotatable bonds is 3. The van der Waals surface area contributed by atoms with Crippen LogP contribution in [0.15, 0.2) is 43.0 Å². The smallest absolute Gasteiger partial charge is 0.123 e. The third kappa shape index (κ3) is 2.41.